The molecule has 1 aromatic heterocycles. The summed E-state index contributed by atoms with van der Waals surface area (Å²) in [6.07, 6.45) is 4.19. The van der Waals surface area contributed by atoms with Crippen LogP contribution in [0.3, 0.4) is 0 Å². The normalized spacial score (nSPS) is 18.4. The summed E-state index contributed by atoms with van der Waals surface area (Å²) < 4.78 is 5.29. The molecule has 4 heteroatoms. The van der Waals surface area contributed by atoms with Gasteiger partial charge in [-0.05, 0) is 31.2 Å². The van der Waals surface area contributed by atoms with E-state index in [1.54, 1.807) is 6.07 Å². The minimum absolute atomic E-state index is 0.00119. The Balaban J connectivity index is 1.76. The first-order valence-corrected chi connectivity index (χ1v) is 8.46. The predicted octanol–water partition coefficient (Wildman–Crippen LogP) is 4.04. The largest absolute Gasteiger partial charge is 0.360 e. The van der Waals surface area contributed by atoms with Crippen molar-refractivity contribution in [2.45, 2.75) is 51.5 Å². The summed E-state index contributed by atoms with van der Waals surface area (Å²) in [5, 5.41) is 3.99. The molecule has 1 aliphatic rings. The molecule has 1 fully saturated rings. The summed E-state index contributed by atoms with van der Waals surface area (Å²) in [5.74, 6) is 1.01. The van der Waals surface area contributed by atoms with Crippen LogP contribution in [0.15, 0.2) is 40.9 Å². The molecule has 2 aromatic rings. The zero-order chi connectivity index (χ0) is 16.2. The second kappa shape index (κ2) is 6.99. The van der Waals surface area contributed by atoms with Gasteiger partial charge in [-0.2, -0.15) is 0 Å². The van der Waals surface area contributed by atoms with Crippen molar-refractivity contribution in [3.63, 3.8) is 0 Å². The lowest BCUT2D eigenvalue weighted by atomic mass is 9.95. The van der Waals surface area contributed by atoms with Crippen LogP contribution < -0.4 is 0 Å². The molecule has 4 nitrogen and oxygen atoms in total. The van der Waals surface area contributed by atoms with Gasteiger partial charge in [-0.25, -0.2) is 0 Å². The van der Waals surface area contributed by atoms with Crippen LogP contribution in [0.4, 0.5) is 0 Å². The third-order valence-corrected chi connectivity index (χ3v) is 4.52. The first kappa shape index (κ1) is 15.8. The quantitative estimate of drug-likeness (QED) is 0.856. The van der Waals surface area contributed by atoms with E-state index in [-0.39, 0.29) is 17.9 Å². The molecule has 0 bridgehead atoms. The van der Waals surface area contributed by atoms with Crippen LogP contribution in [-0.2, 0) is 6.42 Å². The van der Waals surface area contributed by atoms with E-state index in [0.29, 0.717) is 5.69 Å². The van der Waals surface area contributed by atoms with Crippen LogP contribution in [0.25, 0.3) is 0 Å². The molecule has 122 valence electrons. The van der Waals surface area contributed by atoms with E-state index >= 15 is 0 Å². The third-order valence-electron chi connectivity index (χ3n) is 4.52. The number of likely N-dealkylation sites (tertiary alicyclic amines) is 1. The molecule has 0 spiro atoms. The molecule has 23 heavy (non-hydrogen) atoms. The lowest BCUT2D eigenvalue weighted by molar-refractivity contribution is 0.0603. The monoisotopic (exact) mass is 312 g/mol. The summed E-state index contributed by atoms with van der Waals surface area (Å²) in [7, 11) is 0. The number of benzene rings is 1. The molecular formula is C19H24N2O2. The summed E-state index contributed by atoms with van der Waals surface area (Å²) in [6, 6.07) is 12.4. The number of rotatable bonds is 4. The predicted molar refractivity (Wildman–Crippen MR) is 89.4 cm³/mol. The Morgan fingerprint density at radius 3 is 2.78 bits per heavy atom. The third kappa shape index (κ3) is 3.63. The van der Waals surface area contributed by atoms with E-state index in [2.05, 4.69) is 29.4 Å². The first-order chi connectivity index (χ1) is 11.1. The minimum Gasteiger partial charge on any atom is -0.360 e. The van der Waals surface area contributed by atoms with E-state index in [1.165, 1.54) is 12.0 Å². The van der Waals surface area contributed by atoms with Crippen molar-refractivity contribution >= 4 is 5.91 Å². The van der Waals surface area contributed by atoms with Crippen molar-refractivity contribution in [1.82, 2.24) is 10.1 Å². The van der Waals surface area contributed by atoms with Gasteiger partial charge in [-0.3, -0.25) is 4.79 Å². The zero-order valence-corrected chi connectivity index (χ0v) is 13.9. The zero-order valence-electron chi connectivity index (χ0n) is 13.9. The topological polar surface area (TPSA) is 46.3 Å². The van der Waals surface area contributed by atoms with E-state index in [4.69, 9.17) is 4.52 Å². The maximum Gasteiger partial charge on any atom is 0.276 e. The fraction of sp³-hybridized carbons (Fsp3) is 0.474. The Labute approximate surface area is 137 Å². The van der Waals surface area contributed by atoms with Crippen LogP contribution in [-0.4, -0.2) is 28.6 Å². The highest BCUT2D eigenvalue weighted by atomic mass is 16.5. The number of carbonyl (C=O) groups excluding carboxylic acids is 1. The van der Waals surface area contributed by atoms with Crippen LogP contribution in [0.5, 0.6) is 0 Å². The number of hydrogen-bond acceptors (Lipinski definition) is 3. The molecule has 3 rings (SSSR count). The van der Waals surface area contributed by atoms with Gasteiger partial charge >= 0.3 is 0 Å². The van der Waals surface area contributed by atoms with Crippen molar-refractivity contribution in [3.05, 3.63) is 53.4 Å². The Bertz CT molecular complexity index is 648. The number of piperidine rings is 1. The lowest BCUT2D eigenvalue weighted by Gasteiger charge is -2.35. The lowest BCUT2D eigenvalue weighted by Crippen LogP contribution is -2.45. The van der Waals surface area contributed by atoms with Gasteiger partial charge in [0.05, 0.1) is 0 Å². The number of hydrogen-bond donors (Lipinski definition) is 0. The number of nitrogens with zero attached hydrogens (tertiary/aromatic N) is 2. The molecule has 0 radical (unpaired) electrons. The van der Waals surface area contributed by atoms with E-state index in [0.717, 1.165) is 31.6 Å². The molecule has 1 unspecified atom stereocenters. The van der Waals surface area contributed by atoms with Gasteiger partial charge < -0.3 is 9.42 Å². The standard InChI is InChI=1S/C19H24N2O2/c1-14(2)18-13-17(20-23-18)19(22)21-11-7-6-10-16(21)12-15-8-4-3-5-9-15/h3-5,8-9,13-14,16H,6-7,10-12H2,1-2H3. The van der Waals surface area contributed by atoms with Gasteiger partial charge in [-0.1, -0.05) is 49.3 Å². The summed E-state index contributed by atoms with van der Waals surface area (Å²) in [4.78, 5) is 14.8. The van der Waals surface area contributed by atoms with E-state index in [9.17, 15) is 4.79 Å². The fourth-order valence-corrected chi connectivity index (χ4v) is 3.18. The van der Waals surface area contributed by atoms with Gasteiger partial charge in [0.1, 0.15) is 5.76 Å². The summed E-state index contributed by atoms with van der Waals surface area (Å²) in [6.45, 7) is 4.88. The molecule has 1 atom stereocenters. The van der Waals surface area contributed by atoms with Gasteiger partial charge in [-0.15, -0.1) is 0 Å². The molecule has 1 aliphatic heterocycles. The van der Waals surface area contributed by atoms with Gasteiger partial charge in [0, 0.05) is 24.6 Å². The molecule has 2 heterocycles. The molecular weight excluding hydrogens is 288 g/mol. The second-order valence-electron chi connectivity index (χ2n) is 6.61. The SMILES string of the molecule is CC(C)c1cc(C(=O)N2CCCCC2Cc2ccccc2)no1. The average molecular weight is 312 g/mol. The average Bonchev–Trinajstić information content (AvgIpc) is 3.06. The first-order valence-electron chi connectivity index (χ1n) is 8.46. The molecule has 0 N–H and O–H groups in total. The van der Waals surface area contributed by atoms with Gasteiger partial charge in [0.2, 0.25) is 0 Å². The Hall–Kier alpha value is -2.10. The summed E-state index contributed by atoms with van der Waals surface area (Å²) in [5.41, 5.74) is 1.72. The van der Waals surface area contributed by atoms with Crippen LogP contribution in [0.1, 0.15) is 60.8 Å². The van der Waals surface area contributed by atoms with Crippen molar-refractivity contribution in [2.75, 3.05) is 6.54 Å². The van der Waals surface area contributed by atoms with Gasteiger partial charge in [0.25, 0.3) is 5.91 Å². The van der Waals surface area contributed by atoms with Crippen LogP contribution in [0.2, 0.25) is 0 Å². The maximum atomic E-state index is 12.8. The molecule has 0 aliphatic carbocycles. The molecule has 1 amide bonds. The highest BCUT2D eigenvalue weighted by molar-refractivity contribution is 5.92. The van der Waals surface area contributed by atoms with E-state index in [1.807, 2.05) is 24.8 Å². The number of amides is 1. The summed E-state index contributed by atoms with van der Waals surface area (Å²) >= 11 is 0. The Morgan fingerprint density at radius 2 is 2.09 bits per heavy atom. The van der Waals surface area contributed by atoms with E-state index < -0.39 is 0 Å². The molecule has 1 saturated heterocycles. The maximum absolute atomic E-state index is 12.8. The molecule has 1 aromatic carbocycles. The Kier molecular flexibility index (Phi) is 4.79. The van der Waals surface area contributed by atoms with Crippen molar-refractivity contribution in [1.29, 1.82) is 0 Å². The highest BCUT2D eigenvalue weighted by Crippen LogP contribution is 2.24. The van der Waals surface area contributed by atoms with Crippen molar-refractivity contribution in [2.24, 2.45) is 0 Å². The van der Waals surface area contributed by atoms with Crippen LogP contribution in [0, 0.1) is 0 Å². The highest BCUT2D eigenvalue weighted by Gasteiger charge is 2.29. The second-order valence-corrected chi connectivity index (χ2v) is 6.61. The minimum atomic E-state index is 0.00119. The van der Waals surface area contributed by atoms with Crippen molar-refractivity contribution < 1.29 is 9.32 Å². The van der Waals surface area contributed by atoms with Crippen LogP contribution >= 0.6 is 0 Å². The van der Waals surface area contributed by atoms with Crippen molar-refractivity contribution in [3.8, 4) is 0 Å². The fourth-order valence-electron chi connectivity index (χ4n) is 3.18. The Morgan fingerprint density at radius 1 is 1.30 bits per heavy atom. The number of carbonyl (C=O) groups is 1. The van der Waals surface area contributed by atoms with Gasteiger partial charge in [0.15, 0.2) is 5.69 Å². The molecule has 0 saturated carbocycles. The smallest absolute Gasteiger partial charge is 0.276 e. The number of aromatic nitrogens is 1.